The van der Waals surface area contributed by atoms with Crippen molar-refractivity contribution in [3.63, 3.8) is 0 Å². The SMILES string of the molecule is O=S(=O)(c1cccs1)N1CCNC(COCc2ccccc2)C1. The summed E-state index contributed by atoms with van der Waals surface area (Å²) >= 11 is 1.26. The molecule has 1 fully saturated rings. The maximum atomic E-state index is 12.6. The number of thiophene rings is 1. The molecule has 1 atom stereocenters. The average molecular weight is 352 g/mol. The number of rotatable bonds is 6. The van der Waals surface area contributed by atoms with Gasteiger partial charge in [0.2, 0.25) is 0 Å². The minimum absolute atomic E-state index is 0.0159. The number of nitrogens with one attached hydrogen (secondary N) is 1. The highest BCUT2D eigenvalue weighted by molar-refractivity contribution is 7.91. The van der Waals surface area contributed by atoms with Crippen molar-refractivity contribution < 1.29 is 13.2 Å². The third kappa shape index (κ3) is 4.19. The molecular formula is C16H20N2O3S2. The Morgan fingerprint density at radius 3 is 2.78 bits per heavy atom. The topological polar surface area (TPSA) is 58.6 Å². The van der Waals surface area contributed by atoms with Gasteiger partial charge in [-0.2, -0.15) is 4.31 Å². The third-order valence-electron chi connectivity index (χ3n) is 3.74. The molecule has 0 spiro atoms. The van der Waals surface area contributed by atoms with E-state index in [4.69, 9.17) is 4.74 Å². The zero-order chi connectivity index (χ0) is 16.1. The smallest absolute Gasteiger partial charge is 0.252 e. The van der Waals surface area contributed by atoms with Crippen molar-refractivity contribution in [2.45, 2.75) is 16.9 Å². The zero-order valence-corrected chi connectivity index (χ0v) is 14.4. The van der Waals surface area contributed by atoms with Crippen molar-refractivity contribution >= 4 is 21.4 Å². The van der Waals surface area contributed by atoms with Crippen molar-refractivity contribution in [3.05, 3.63) is 53.4 Å². The molecule has 0 aliphatic carbocycles. The molecular weight excluding hydrogens is 332 g/mol. The van der Waals surface area contributed by atoms with Crippen LogP contribution in [0.25, 0.3) is 0 Å². The lowest BCUT2D eigenvalue weighted by Gasteiger charge is -2.32. The molecule has 2 heterocycles. The monoisotopic (exact) mass is 352 g/mol. The highest BCUT2D eigenvalue weighted by Gasteiger charge is 2.30. The summed E-state index contributed by atoms with van der Waals surface area (Å²) in [6, 6.07) is 13.4. The quantitative estimate of drug-likeness (QED) is 0.863. The first-order valence-corrected chi connectivity index (χ1v) is 9.87. The van der Waals surface area contributed by atoms with E-state index < -0.39 is 10.0 Å². The van der Waals surface area contributed by atoms with E-state index in [-0.39, 0.29) is 6.04 Å². The molecule has 1 aromatic heterocycles. The van der Waals surface area contributed by atoms with Crippen LogP contribution >= 0.6 is 11.3 Å². The van der Waals surface area contributed by atoms with Gasteiger partial charge in [-0.25, -0.2) is 8.42 Å². The van der Waals surface area contributed by atoms with Gasteiger partial charge in [-0.05, 0) is 17.0 Å². The number of nitrogens with zero attached hydrogens (tertiary/aromatic N) is 1. The number of hydrogen-bond acceptors (Lipinski definition) is 5. The largest absolute Gasteiger partial charge is 0.375 e. The summed E-state index contributed by atoms with van der Waals surface area (Å²) in [5.41, 5.74) is 1.12. The van der Waals surface area contributed by atoms with Crippen LogP contribution in [-0.2, 0) is 21.4 Å². The molecule has 3 rings (SSSR count). The lowest BCUT2D eigenvalue weighted by Crippen LogP contribution is -2.54. The molecule has 0 amide bonds. The molecule has 1 unspecified atom stereocenters. The second-order valence-electron chi connectivity index (χ2n) is 5.45. The summed E-state index contributed by atoms with van der Waals surface area (Å²) in [6.45, 7) is 2.61. The Morgan fingerprint density at radius 2 is 2.04 bits per heavy atom. The van der Waals surface area contributed by atoms with Gasteiger partial charge in [-0.3, -0.25) is 0 Å². The number of piperazine rings is 1. The van der Waals surface area contributed by atoms with Crippen LogP contribution in [0.1, 0.15) is 5.56 Å². The minimum atomic E-state index is -3.37. The lowest BCUT2D eigenvalue weighted by atomic mass is 10.2. The van der Waals surface area contributed by atoms with Crippen LogP contribution in [-0.4, -0.2) is 45.0 Å². The number of hydrogen-bond donors (Lipinski definition) is 1. The van der Waals surface area contributed by atoms with E-state index in [1.807, 2.05) is 30.3 Å². The van der Waals surface area contributed by atoms with E-state index in [0.29, 0.717) is 37.1 Å². The van der Waals surface area contributed by atoms with Crippen LogP contribution in [0.5, 0.6) is 0 Å². The molecule has 1 aliphatic rings. The molecule has 1 aliphatic heterocycles. The van der Waals surface area contributed by atoms with E-state index in [2.05, 4.69) is 5.32 Å². The lowest BCUT2D eigenvalue weighted by molar-refractivity contribution is 0.0855. The number of benzene rings is 1. The van der Waals surface area contributed by atoms with E-state index in [1.165, 1.54) is 11.3 Å². The fourth-order valence-electron chi connectivity index (χ4n) is 2.56. The van der Waals surface area contributed by atoms with E-state index in [0.717, 1.165) is 5.56 Å². The first-order chi connectivity index (χ1) is 11.2. The van der Waals surface area contributed by atoms with Gasteiger partial charge in [-0.1, -0.05) is 36.4 Å². The van der Waals surface area contributed by atoms with Gasteiger partial charge >= 0.3 is 0 Å². The molecule has 2 aromatic rings. The molecule has 1 aromatic carbocycles. The molecule has 5 nitrogen and oxygen atoms in total. The molecule has 1 saturated heterocycles. The van der Waals surface area contributed by atoms with Gasteiger partial charge in [0.1, 0.15) is 4.21 Å². The fourth-order valence-corrected chi connectivity index (χ4v) is 5.19. The van der Waals surface area contributed by atoms with Crippen LogP contribution in [0, 0.1) is 0 Å². The summed E-state index contributed by atoms with van der Waals surface area (Å²) < 4.78 is 32.8. The summed E-state index contributed by atoms with van der Waals surface area (Å²) in [6.07, 6.45) is 0. The highest BCUT2D eigenvalue weighted by Crippen LogP contribution is 2.21. The molecule has 0 radical (unpaired) electrons. The second kappa shape index (κ2) is 7.55. The van der Waals surface area contributed by atoms with E-state index in [9.17, 15) is 8.42 Å². The second-order valence-corrected chi connectivity index (χ2v) is 8.56. The van der Waals surface area contributed by atoms with Gasteiger partial charge in [0, 0.05) is 25.7 Å². The van der Waals surface area contributed by atoms with Gasteiger partial charge in [0.05, 0.1) is 13.2 Å². The zero-order valence-electron chi connectivity index (χ0n) is 12.7. The Hall–Kier alpha value is -1.25. The van der Waals surface area contributed by atoms with Crippen LogP contribution in [0.4, 0.5) is 0 Å². The maximum absolute atomic E-state index is 12.6. The van der Waals surface area contributed by atoms with Crippen LogP contribution in [0.3, 0.4) is 0 Å². The first kappa shape index (κ1) is 16.6. The standard InChI is InChI=1S/C16H20N2O3S2/c19-23(20,16-7-4-10-22-16)18-9-8-17-15(11-18)13-21-12-14-5-2-1-3-6-14/h1-7,10,15,17H,8-9,11-13H2. The number of sulfonamides is 1. The Kier molecular flexibility index (Phi) is 5.45. The molecule has 23 heavy (non-hydrogen) atoms. The molecule has 0 saturated carbocycles. The minimum Gasteiger partial charge on any atom is -0.375 e. The Bertz CT molecular complexity index is 702. The Morgan fingerprint density at radius 1 is 1.22 bits per heavy atom. The van der Waals surface area contributed by atoms with Gasteiger partial charge in [0.15, 0.2) is 0 Å². The maximum Gasteiger partial charge on any atom is 0.252 e. The van der Waals surface area contributed by atoms with Crippen molar-refractivity contribution in [1.82, 2.24) is 9.62 Å². The van der Waals surface area contributed by atoms with Crippen molar-refractivity contribution in [3.8, 4) is 0 Å². The van der Waals surface area contributed by atoms with Gasteiger partial charge in [0.25, 0.3) is 10.0 Å². The summed E-state index contributed by atoms with van der Waals surface area (Å²) in [5, 5.41) is 5.11. The summed E-state index contributed by atoms with van der Waals surface area (Å²) in [7, 11) is -3.37. The van der Waals surface area contributed by atoms with E-state index >= 15 is 0 Å². The van der Waals surface area contributed by atoms with Crippen LogP contribution < -0.4 is 5.32 Å². The molecule has 7 heteroatoms. The molecule has 1 N–H and O–H groups in total. The average Bonchev–Trinajstić information content (AvgIpc) is 3.11. The Balaban J connectivity index is 1.54. The summed E-state index contributed by atoms with van der Waals surface area (Å²) in [4.78, 5) is 0. The summed E-state index contributed by atoms with van der Waals surface area (Å²) in [5.74, 6) is 0. The predicted octanol–water partition coefficient (Wildman–Crippen LogP) is 1.93. The third-order valence-corrected chi connectivity index (χ3v) is 6.98. The normalized spacial score (nSPS) is 19.7. The van der Waals surface area contributed by atoms with Gasteiger partial charge < -0.3 is 10.1 Å². The predicted molar refractivity (Wildman–Crippen MR) is 91.0 cm³/mol. The molecule has 0 bridgehead atoms. The van der Waals surface area contributed by atoms with E-state index in [1.54, 1.807) is 21.8 Å². The van der Waals surface area contributed by atoms with Crippen molar-refractivity contribution in [2.24, 2.45) is 0 Å². The van der Waals surface area contributed by atoms with Crippen LogP contribution in [0.2, 0.25) is 0 Å². The van der Waals surface area contributed by atoms with Gasteiger partial charge in [-0.15, -0.1) is 11.3 Å². The first-order valence-electron chi connectivity index (χ1n) is 7.55. The molecule has 124 valence electrons. The van der Waals surface area contributed by atoms with Crippen LogP contribution in [0.15, 0.2) is 52.1 Å². The highest BCUT2D eigenvalue weighted by atomic mass is 32.2. The number of ether oxygens (including phenoxy) is 1. The van der Waals surface area contributed by atoms with Crippen molar-refractivity contribution in [2.75, 3.05) is 26.2 Å². The Labute approximate surface area is 140 Å². The fraction of sp³-hybridized carbons (Fsp3) is 0.375. The van der Waals surface area contributed by atoms with Crippen molar-refractivity contribution in [1.29, 1.82) is 0 Å².